The van der Waals surface area contributed by atoms with Gasteiger partial charge in [-0.3, -0.25) is 14.9 Å². The average molecular weight is 211 g/mol. The number of carboxylic acid groups (broad SMARTS) is 1. The lowest BCUT2D eigenvalue weighted by molar-refractivity contribution is -0.139. The molecule has 0 aromatic carbocycles. The van der Waals surface area contributed by atoms with Crippen molar-refractivity contribution in [1.82, 2.24) is 10.2 Å². The predicted molar refractivity (Wildman–Crippen MR) is 47.2 cm³/mol. The molecule has 1 aliphatic carbocycles. The van der Waals surface area contributed by atoms with Gasteiger partial charge in [-0.1, -0.05) is 5.10 Å². The molecule has 80 valence electrons. The summed E-state index contributed by atoms with van der Waals surface area (Å²) in [6, 6.07) is -0.0387. The molecule has 15 heavy (non-hydrogen) atoms. The van der Waals surface area contributed by atoms with Gasteiger partial charge >= 0.3 is 12.0 Å². The van der Waals surface area contributed by atoms with Gasteiger partial charge in [0.1, 0.15) is 6.42 Å². The van der Waals surface area contributed by atoms with Crippen molar-refractivity contribution in [1.29, 1.82) is 0 Å². The maximum absolute atomic E-state index is 11.0. The minimum absolute atomic E-state index is 0.0387. The second-order valence-corrected chi connectivity index (χ2v) is 3.34. The van der Waals surface area contributed by atoms with Crippen molar-refractivity contribution in [3.8, 4) is 0 Å². The molecule has 7 nitrogen and oxygen atoms in total. The first kappa shape index (κ1) is 9.63. The van der Waals surface area contributed by atoms with Gasteiger partial charge in [0.2, 0.25) is 11.8 Å². The van der Waals surface area contributed by atoms with Crippen LogP contribution in [0.15, 0.2) is 4.42 Å². The average Bonchev–Trinajstić information content (AvgIpc) is 2.87. The van der Waals surface area contributed by atoms with E-state index in [1.807, 2.05) is 0 Å². The lowest BCUT2D eigenvalue weighted by Gasteiger charge is -1.95. The molecule has 1 aliphatic rings. The summed E-state index contributed by atoms with van der Waals surface area (Å²) in [6.45, 7) is 0. The first-order valence-electron chi connectivity index (χ1n) is 4.50. The molecule has 1 fully saturated rings. The molecule has 0 radical (unpaired) electrons. The van der Waals surface area contributed by atoms with E-state index in [-0.39, 0.29) is 6.01 Å². The van der Waals surface area contributed by atoms with Crippen LogP contribution in [0.2, 0.25) is 0 Å². The van der Waals surface area contributed by atoms with E-state index < -0.39 is 18.3 Å². The summed E-state index contributed by atoms with van der Waals surface area (Å²) in [6.07, 6.45) is 1.43. The number of nitrogens with zero attached hydrogens (tertiary/aromatic N) is 2. The summed E-state index contributed by atoms with van der Waals surface area (Å²) < 4.78 is 5.11. The van der Waals surface area contributed by atoms with Crippen molar-refractivity contribution in [3.63, 3.8) is 0 Å². The van der Waals surface area contributed by atoms with Crippen molar-refractivity contribution in [2.24, 2.45) is 0 Å². The summed E-state index contributed by atoms with van der Waals surface area (Å²) in [5.41, 5.74) is 0. The Balaban J connectivity index is 1.92. The zero-order valence-electron chi connectivity index (χ0n) is 7.77. The Morgan fingerprint density at radius 3 is 2.80 bits per heavy atom. The van der Waals surface area contributed by atoms with Crippen molar-refractivity contribution in [3.05, 3.63) is 5.89 Å². The molecule has 7 heteroatoms. The van der Waals surface area contributed by atoms with E-state index >= 15 is 0 Å². The Hall–Kier alpha value is -1.92. The van der Waals surface area contributed by atoms with Gasteiger partial charge in [0.15, 0.2) is 0 Å². The summed E-state index contributed by atoms with van der Waals surface area (Å²) in [5.74, 6) is -1.06. The number of anilines is 1. The highest BCUT2D eigenvalue weighted by molar-refractivity contribution is 6.00. The van der Waals surface area contributed by atoms with Crippen molar-refractivity contribution >= 4 is 17.9 Å². The van der Waals surface area contributed by atoms with Crippen LogP contribution in [0.1, 0.15) is 31.1 Å². The van der Waals surface area contributed by atoms with Gasteiger partial charge in [0.25, 0.3) is 0 Å². The fourth-order valence-electron chi connectivity index (χ4n) is 1.08. The van der Waals surface area contributed by atoms with Gasteiger partial charge < -0.3 is 9.52 Å². The van der Waals surface area contributed by atoms with Crippen LogP contribution in [-0.2, 0) is 9.59 Å². The van der Waals surface area contributed by atoms with E-state index in [9.17, 15) is 9.59 Å². The third-order valence-corrected chi connectivity index (χ3v) is 1.93. The van der Waals surface area contributed by atoms with Gasteiger partial charge in [0.05, 0.1) is 0 Å². The molecular formula is C8H9N3O4. The zero-order valence-corrected chi connectivity index (χ0v) is 7.77. The van der Waals surface area contributed by atoms with Crippen LogP contribution in [0.4, 0.5) is 6.01 Å². The first-order chi connectivity index (χ1) is 7.15. The number of carbonyl (C=O) groups excluding carboxylic acids is 1. The molecule has 1 aromatic heterocycles. The van der Waals surface area contributed by atoms with Gasteiger partial charge in [0, 0.05) is 5.92 Å². The second kappa shape index (κ2) is 3.68. The molecule has 1 saturated carbocycles. The molecule has 1 heterocycles. The Morgan fingerprint density at radius 1 is 1.47 bits per heavy atom. The van der Waals surface area contributed by atoms with Crippen molar-refractivity contribution in [2.45, 2.75) is 25.2 Å². The van der Waals surface area contributed by atoms with Crippen LogP contribution in [0.3, 0.4) is 0 Å². The third-order valence-electron chi connectivity index (χ3n) is 1.93. The lowest BCUT2D eigenvalue weighted by Crippen LogP contribution is -2.16. The number of nitrogens with one attached hydrogen (secondary N) is 1. The van der Waals surface area contributed by atoms with E-state index in [0.717, 1.165) is 12.8 Å². The third kappa shape index (κ3) is 2.52. The van der Waals surface area contributed by atoms with E-state index in [1.165, 1.54) is 0 Å². The largest absolute Gasteiger partial charge is 0.481 e. The molecule has 0 unspecified atom stereocenters. The first-order valence-corrected chi connectivity index (χ1v) is 4.50. The number of hydrogen-bond acceptors (Lipinski definition) is 5. The number of aliphatic carboxylic acids is 1. The monoisotopic (exact) mass is 211 g/mol. The van der Waals surface area contributed by atoms with Gasteiger partial charge in [-0.15, -0.1) is 5.10 Å². The molecule has 0 spiro atoms. The number of amides is 1. The molecule has 1 amide bonds. The molecular weight excluding hydrogens is 202 g/mol. The molecule has 0 bridgehead atoms. The number of carboxylic acids is 1. The summed E-state index contributed by atoms with van der Waals surface area (Å²) in [4.78, 5) is 21.2. The summed E-state index contributed by atoms with van der Waals surface area (Å²) in [7, 11) is 0. The highest BCUT2D eigenvalue weighted by Crippen LogP contribution is 2.39. The molecule has 0 aliphatic heterocycles. The Morgan fingerprint density at radius 2 is 2.20 bits per heavy atom. The molecule has 2 N–H and O–H groups in total. The number of aromatic nitrogens is 2. The van der Waals surface area contributed by atoms with Gasteiger partial charge in [-0.25, -0.2) is 0 Å². The standard InChI is InChI=1S/C8H9N3O4/c12-5(3-6(13)14)9-8-11-10-7(15-8)4-1-2-4/h4H,1-3H2,(H,13,14)(H,9,11,12). The summed E-state index contributed by atoms with van der Waals surface area (Å²) in [5, 5.41) is 17.9. The van der Waals surface area contributed by atoms with E-state index in [2.05, 4.69) is 15.5 Å². The lowest BCUT2D eigenvalue weighted by atomic mass is 10.4. The van der Waals surface area contributed by atoms with Crippen LogP contribution < -0.4 is 5.32 Å². The highest BCUT2D eigenvalue weighted by atomic mass is 16.4. The van der Waals surface area contributed by atoms with Crippen LogP contribution >= 0.6 is 0 Å². The molecule has 0 atom stereocenters. The van der Waals surface area contributed by atoms with Crippen LogP contribution in [0, 0.1) is 0 Å². The molecule has 1 aromatic rings. The quantitative estimate of drug-likeness (QED) is 0.696. The minimum atomic E-state index is -1.20. The van der Waals surface area contributed by atoms with Crippen LogP contribution in [0.25, 0.3) is 0 Å². The fourth-order valence-corrected chi connectivity index (χ4v) is 1.08. The van der Waals surface area contributed by atoms with Gasteiger partial charge in [-0.2, -0.15) is 0 Å². The molecule has 2 rings (SSSR count). The Bertz CT molecular complexity index is 396. The van der Waals surface area contributed by atoms with E-state index in [1.54, 1.807) is 0 Å². The van der Waals surface area contributed by atoms with Crippen molar-refractivity contribution in [2.75, 3.05) is 5.32 Å². The normalized spacial score (nSPS) is 14.9. The summed E-state index contributed by atoms with van der Waals surface area (Å²) >= 11 is 0. The topological polar surface area (TPSA) is 105 Å². The zero-order chi connectivity index (χ0) is 10.8. The van der Waals surface area contributed by atoms with E-state index in [0.29, 0.717) is 11.8 Å². The number of rotatable bonds is 4. The maximum Gasteiger partial charge on any atom is 0.322 e. The van der Waals surface area contributed by atoms with E-state index in [4.69, 9.17) is 9.52 Å². The maximum atomic E-state index is 11.0. The SMILES string of the molecule is O=C(O)CC(=O)Nc1nnc(C2CC2)o1. The fraction of sp³-hybridized carbons (Fsp3) is 0.500. The smallest absolute Gasteiger partial charge is 0.322 e. The molecule has 0 saturated heterocycles. The second-order valence-electron chi connectivity index (χ2n) is 3.34. The predicted octanol–water partition coefficient (Wildman–Crippen LogP) is 0.360. The number of carbonyl (C=O) groups is 2. The van der Waals surface area contributed by atoms with Crippen LogP contribution in [0.5, 0.6) is 0 Å². The number of hydrogen-bond donors (Lipinski definition) is 2. The van der Waals surface area contributed by atoms with Crippen molar-refractivity contribution < 1.29 is 19.1 Å². The Kier molecular flexibility index (Phi) is 2.36. The van der Waals surface area contributed by atoms with Gasteiger partial charge in [-0.05, 0) is 12.8 Å². The highest BCUT2D eigenvalue weighted by Gasteiger charge is 2.29. The Labute approximate surface area is 84.5 Å². The minimum Gasteiger partial charge on any atom is -0.481 e. The van der Waals surface area contributed by atoms with Crippen LogP contribution in [-0.4, -0.2) is 27.2 Å².